The van der Waals surface area contributed by atoms with Gasteiger partial charge in [-0.15, -0.1) is 0 Å². The molecule has 0 aliphatic heterocycles. The normalized spacial score (nSPS) is 8.00. The van der Waals surface area contributed by atoms with Crippen molar-refractivity contribution in [2.75, 3.05) is 0 Å². The Morgan fingerprint density at radius 1 is 1.20 bits per heavy atom. The molecule has 0 aliphatic rings. The van der Waals surface area contributed by atoms with Crippen LogP contribution < -0.4 is 0 Å². The maximum absolute atomic E-state index is 8.33. The van der Waals surface area contributed by atoms with E-state index in [0.717, 1.165) is 27.3 Å². The molecule has 0 saturated heterocycles. The fourth-order valence-electron chi connectivity index (χ4n) is 0.577. The van der Waals surface area contributed by atoms with Gasteiger partial charge >= 0.3 is 7.12 Å². The first-order valence-corrected chi connectivity index (χ1v) is 3.58. The highest BCUT2D eigenvalue weighted by molar-refractivity contribution is 6.40. The van der Waals surface area contributed by atoms with Crippen molar-refractivity contribution < 1.29 is 15.1 Å². The monoisotopic (exact) mass is 146 g/mol. The van der Waals surface area contributed by atoms with E-state index in [2.05, 4.69) is 6.92 Å². The van der Waals surface area contributed by atoms with Crippen LogP contribution in [0.3, 0.4) is 0 Å². The Balaban J connectivity index is 0. The molecular weight excluding hydrogens is 130 g/mol. The fraction of sp³-hybridized carbons (Fsp3) is 1.00. The molecule has 0 aliphatic carbocycles. The predicted molar refractivity (Wildman–Crippen MR) is 45.3 cm³/mol. The maximum atomic E-state index is 8.33. The highest BCUT2D eigenvalue weighted by Crippen LogP contribution is 1.99. The first-order chi connectivity index (χ1) is 4.77. The predicted octanol–water partition coefficient (Wildman–Crippen LogP) is -0.824. The van der Waals surface area contributed by atoms with Crippen LogP contribution in [0.4, 0.5) is 0 Å². The van der Waals surface area contributed by atoms with Crippen LogP contribution >= 0.6 is 0 Å². The third-order valence-corrected chi connectivity index (χ3v) is 1.07. The molecule has 0 amide bonds. The molecule has 0 rings (SSSR count). The smallest absolute Gasteiger partial charge is 0.451 e. The van der Waals surface area contributed by atoms with E-state index in [1.54, 1.807) is 0 Å². The average molecular weight is 146 g/mol. The maximum Gasteiger partial charge on any atom is 0.451 e. The first-order valence-electron chi connectivity index (χ1n) is 3.58. The molecule has 0 atom stereocenters. The van der Waals surface area contributed by atoms with E-state index in [0.29, 0.717) is 6.32 Å². The van der Waals surface area contributed by atoms with E-state index in [9.17, 15) is 0 Å². The van der Waals surface area contributed by atoms with E-state index in [1.807, 2.05) is 0 Å². The first kappa shape index (κ1) is 12.7. The quantitative estimate of drug-likeness (QED) is 0.358. The summed E-state index contributed by atoms with van der Waals surface area (Å²) in [5.41, 5.74) is 0. The van der Waals surface area contributed by atoms with Crippen molar-refractivity contribution in [2.45, 2.75) is 32.5 Å². The molecule has 0 fully saturated rings. The Hall–Kier alpha value is 0.00987. The lowest BCUT2D eigenvalue weighted by atomic mass is 9.84. The van der Waals surface area contributed by atoms with Crippen LogP contribution in [0.15, 0.2) is 0 Å². The van der Waals surface area contributed by atoms with Gasteiger partial charge in [-0.3, -0.25) is 0 Å². The third-order valence-electron chi connectivity index (χ3n) is 1.07. The summed E-state index contributed by atoms with van der Waals surface area (Å²) in [7, 11) is -0.0958. The average Bonchev–Trinajstić information content (AvgIpc) is 1.92. The second-order valence-electron chi connectivity index (χ2n) is 1.98. The molecule has 3 nitrogen and oxygen atoms in total. The summed E-state index contributed by atoms with van der Waals surface area (Å²) in [5.74, 6) is 0. The van der Waals surface area contributed by atoms with Gasteiger partial charge in [-0.1, -0.05) is 26.2 Å². The topological polar surface area (TPSA) is 60.7 Å². The molecule has 0 radical (unpaired) electrons. The van der Waals surface area contributed by atoms with Crippen molar-refractivity contribution in [1.29, 1.82) is 0 Å². The van der Waals surface area contributed by atoms with Crippen molar-refractivity contribution in [1.82, 2.24) is 0 Å². The minimum atomic E-state index is -1.10. The van der Waals surface area contributed by atoms with E-state index in [-0.39, 0.29) is 0 Å². The minimum absolute atomic E-state index is 0.522. The SMILES string of the molecule is BO.CCCCCB(O)O. The van der Waals surface area contributed by atoms with E-state index >= 15 is 0 Å². The van der Waals surface area contributed by atoms with Crippen LogP contribution in [0.5, 0.6) is 0 Å². The molecule has 5 heteroatoms. The van der Waals surface area contributed by atoms with E-state index in [1.165, 1.54) is 0 Å². The summed E-state index contributed by atoms with van der Waals surface area (Å²) in [5, 5.41) is 23.7. The van der Waals surface area contributed by atoms with Gasteiger partial charge in [0.2, 0.25) is 0 Å². The fourth-order valence-corrected chi connectivity index (χ4v) is 0.577. The molecule has 3 N–H and O–H groups in total. The van der Waals surface area contributed by atoms with Gasteiger partial charge in [0.15, 0.2) is 0 Å². The van der Waals surface area contributed by atoms with Crippen molar-refractivity contribution in [3.63, 3.8) is 0 Å². The Kier molecular flexibility index (Phi) is 14.9. The highest BCUT2D eigenvalue weighted by Gasteiger charge is 2.03. The third kappa shape index (κ3) is 15.7. The van der Waals surface area contributed by atoms with Crippen LogP contribution in [0, 0.1) is 0 Å². The Bertz CT molecular complexity index is 52.2. The summed E-state index contributed by atoms with van der Waals surface area (Å²) in [6.07, 6.45) is 3.67. The lowest BCUT2D eigenvalue weighted by Gasteiger charge is -1.94. The van der Waals surface area contributed by atoms with Gasteiger partial charge in [-0.25, -0.2) is 0 Å². The second kappa shape index (κ2) is 11.8. The van der Waals surface area contributed by atoms with Crippen molar-refractivity contribution >= 4 is 15.2 Å². The molecule has 0 bridgehead atoms. The zero-order valence-corrected chi connectivity index (χ0v) is 6.75. The molecule has 0 heterocycles. The summed E-state index contributed by atoms with van der Waals surface area (Å²) < 4.78 is 0. The van der Waals surface area contributed by atoms with Crippen LogP contribution in [0.25, 0.3) is 0 Å². The number of hydrogen-bond donors (Lipinski definition) is 3. The van der Waals surface area contributed by atoms with E-state index in [4.69, 9.17) is 15.1 Å². The highest BCUT2D eigenvalue weighted by atomic mass is 16.4. The summed E-state index contributed by atoms with van der Waals surface area (Å²) in [6, 6.07) is 0. The zero-order chi connectivity index (χ0) is 8.41. The lowest BCUT2D eigenvalue weighted by Crippen LogP contribution is -2.09. The molecule has 0 aromatic heterocycles. The Morgan fingerprint density at radius 3 is 2.00 bits per heavy atom. The minimum Gasteiger partial charge on any atom is -0.458 e. The van der Waals surface area contributed by atoms with Gasteiger partial charge < -0.3 is 15.1 Å². The molecule has 0 aromatic rings. The van der Waals surface area contributed by atoms with E-state index < -0.39 is 7.12 Å². The molecule has 0 spiro atoms. The molecule has 60 valence electrons. The van der Waals surface area contributed by atoms with Gasteiger partial charge in [0, 0.05) is 0 Å². The van der Waals surface area contributed by atoms with Crippen molar-refractivity contribution in [2.24, 2.45) is 0 Å². The molecule has 0 aromatic carbocycles. The zero-order valence-electron chi connectivity index (χ0n) is 6.75. The van der Waals surface area contributed by atoms with Gasteiger partial charge in [0.1, 0.15) is 0 Å². The van der Waals surface area contributed by atoms with Crippen molar-refractivity contribution in [3.05, 3.63) is 0 Å². The number of unbranched alkanes of at least 4 members (excludes halogenated alkanes) is 2. The summed E-state index contributed by atoms with van der Waals surface area (Å²) >= 11 is 0. The van der Waals surface area contributed by atoms with Crippen LogP contribution in [-0.4, -0.2) is 30.2 Å². The van der Waals surface area contributed by atoms with Crippen LogP contribution in [0.1, 0.15) is 26.2 Å². The standard InChI is InChI=1S/C5H13BO2.BH3O/c1-2-3-4-5-6(7)8;1-2/h7-8H,2-5H2,1H3;2H,1H2. The number of rotatable bonds is 4. The summed E-state index contributed by atoms with van der Waals surface area (Å²) in [6.45, 7) is 2.09. The largest absolute Gasteiger partial charge is 0.458 e. The van der Waals surface area contributed by atoms with Crippen LogP contribution in [0.2, 0.25) is 6.32 Å². The molecule has 0 saturated carbocycles. The number of hydrogen-bond acceptors (Lipinski definition) is 3. The van der Waals surface area contributed by atoms with Crippen LogP contribution in [-0.2, 0) is 0 Å². The summed E-state index contributed by atoms with van der Waals surface area (Å²) in [4.78, 5) is 0. The van der Waals surface area contributed by atoms with Gasteiger partial charge in [0.05, 0.1) is 0 Å². The van der Waals surface area contributed by atoms with Gasteiger partial charge in [-0.2, -0.15) is 0 Å². The van der Waals surface area contributed by atoms with Gasteiger partial charge in [0.25, 0.3) is 8.05 Å². The van der Waals surface area contributed by atoms with Gasteiger partial charge in [-0.05, 0) is 6.32 Å². The van der Waals surface area contributed by atoms with Crippen molar-refractivity contribution in [3.8, 4) is 0 Å². The molecule has 0 unspecified atom stereocenters. The Labute approximate surface area is 63.7 Å². The Morgan fingerprint density at radius 2 is 1.70 bits per heavy atom. The molecule has 10 heavy (non-hydrogen) atoms. The second-order valence-corrected chi connectivity index (χ2v) is 1.98. The lowest BCUT2D eigenvalue weighted by molar-refractivity contribution is 0.402. The molecular formula is C5H16B2O3.